The molecule has 0 spiro atoms. The number of methoxy groups -OCH3 is 5. The van der Waals surface area contributed by atoms with E-state index in [4.69, 9.17) is 33.2 Å². The van der Waals surface area contributed by atoms with Gasteiger partial charge in [0.1, 0.15) is 30.3 Å². The zero-order valence-corrected chi connectivity index (χ0v) is 24.5. The van der Waals surface area contributed by atoms with Crippen LogP contribution in [-0.2, 0) is 22.7 Å². The van der Waals surface area contributed by atoms with E-state index in [1.165, 1.54) is 28.4 Å². The van der Waals surface area contributed by atoms with E-state index in [-0.39, 0.29) is 41.8 Å². The third-order valence-corrected chi connectivity index (χ3v) is 6.79. The Morgan fingerprint density at radius 1 is 0.619 bits per heavy atom. The first-order chi connectivity index (χ1) is 20.5. The largest absolute Gasteiger partial charge is 0.497 e. The highest BCUT2D eigenvalue weighted by atomic mass is 16.7. The fraction of sp³-hybridized carbons (Fsp3) is 0.265. The van der Waals surface area contributed by atoms with Crippen LogP contribution in [0.3, 0.4) is 0 Å². The number of ether oxygens (including phenoxy) is 7. The van der Waals surface area contributed by atoms with Crippen LogP contribution in [0.15, 0.2) is 91.0 Å². The molecule has 4 aromatic carbocycles. The van der Waals surface area contributed by atoms with E-state index in [2.05, 4.69) is 0 Å². The van der Waals surface area contributed by atoms with E-state index in [1.807, 2.05) is 60.7 Å². The molecular formula is C34H36O8. The Morgan fingerprint density at radius 2 is 1.19 bits per heavy atom. The molecule has 4 rings (SSSR count). The average Bonchev–Trinajstić information content (AvgIpc) is 3.05. The molecule has 0 saturated carbocycles. The smallest absolute Gasteiger partial charge is 0.204 e. The fourth-order valence-corrected chi connectivity index (χ4v) is 4.66. The molecule has 0 aromatic heterocycles. The molecule has 0 heterocycles. The Morgan fingerprint density at radius 3 is 1.69 bits per heavy atom. The van der Waals surface area contributed by atoms with Crippen molar-refractivity contribution in [2.45, 2.75) is 25.4 Å². The minimum atomic E-state index is -0.905. The van der Waals surface area contributed by atoms with Crippen LogP contribution in [-0.4, -0.2) is 47.6 Å². The summed E-state index contributed by atoms with van der Waals surface area (Å²) in [7, 11) is 7.56. The van der Waals surface area contributed by atoms with Gasteiger partial charge >= 0.3 is 0 Å². The summed E-state index contributed by atoms with van der Waals surface area (Å²) < 4.78 is 40.7. The summed E-state index contributed by atoms with van der Waals surface area (Å²) in [5, 5.41) is 0. The number of benzene rings is 4. The lowest BCUT2D eigenvalue weighted by Crippen LogP contribution is -2.30. The Balaban J connectivity index is 1.85. The van der Waals surface area contributed by atoms with Gasteiger partial charge in [0, 0.05) is 20.3 Å². The predicted molar refractivity (Wildman–Crippen MR) is 159 cm³/mol. The molecule has 8 heteroatoms. The number of hydrogen-bond donors (Lipinski definition) is 0. The number of ketones is 1. The van der Waals surface area contributed by atoms with Crippen LogP contribution in [0.4, 0.5) is 0 Å². The topological polar surface area (TPSA) is 81.7 Å². The lowest BCUT2D eigenvalue weighted by atomic mass is 9.88. The standard InChI is InChI=1S/C34H36O8/c1-36-26-18-16-25(17-19-26)29(34(39-4)40-5)31(35)30-27(37-2)20-28(41-21-23-12-8-6-9-13-23)32(38-3)33(30)42-22-24-14-10-7-11-15-24/h6-20,29,34H,21-22H2,1-5H3. The SMILES string of the molecule is COc1ccc(C(C(=O)c2c(OC)cc(OCc3ccccc3)c(OC)c2OCc2ccccc2)C(OC)OC)cc1. The van der Waals surface area contributed by atoms with Crippen molar-refractivity contribution in [3.05, 3.63) is 113 Å². The first kappa shape index (κ1) is 30.4. The molecule has 0 aliphatic carbocycles. The molecule has 220 valence electrons. The van der Waals surface area contributed by atoms with Crippen molar-refractivity contribution in [2.75, 3.05) is 35.5 Å². The quantitative estimate of drug-likeness (QED) is 0.119. The zero-order chi connectivity index (χ0) is 29.9. The maximum atomic E-state index is 14.6. The fourth-order valence-electron chi connectivity index (χ4n) is 4.66. The Kier molecular flexibility index (Phi) is 10.8. The van der Waals surface area contributed by atoms with Crippen LogP contribution in [0.2, 0.25) is 0 Å². The second-order valence-corrected chi connectivity index (χ2v) is 9.32. The van der Waals surface area contributed by atoms with E-state index in [0.717, 1.165) is 11.1 Å². The highest BCUT2D eigenvalue weighted by molar-refractivity contribution is 6.07. The summed E-state index contributed by atoms with van der Waals surface area (Å²) in [4.78, 5) is 14.6. The number of carbonyl (C=O) groups excluding carboxylic acids is 1. The maximum absolute atomic E-state index is 14.6. The van der Waals surface area contributed by atoms with Crippen LogP contribution in [0, 0.1) is 0 Å². The first-order valence-electron chi connectivity index (χ1n) is 13.4. The van der Waals surface area contributed by atoms with Crippen LogP contribution in [0.5, 0.6) is 28.7 Å². The Bertz CT molecular complexity index is 1420. The van der Waals surface area contributed by atoms with Gasteiger partial charge < -0.3 is 33.2 Å². The highest BCUT2D eigenvalue weighted by Gasteiger charge is 2.37. The van der Waals surface area contributed by atoms with Crippen molar-refractivity contribution < 1.29 is 38.0 Å². The van der Waals surface area contributed by atoms with Crippen molar-refractivity contribution in [3.63, 3.8) is 0 Å². The van der Waals surface area contributed by atoms with Crippen molar-refractivity contribution in [2.24, 2.45) is 0 Å². The lowest BCUT2D eigenvalue weighted by Gasteiger charge is -2.27. The van der Waals surface area contributed by atoms with Crippen molar-refractivity contribution in [1.82, 2.24) is 0 Å². The van der Waals surface area contributed by atoms with Crippen molar-refractivity contribution in [3.8, 4) is 28.7 Å². The van der Waals surface area contributed by atoms with Crippen molar-refractivity contribution in [1.29, 1.82) is 0 Å². The van der Waals surface area contributed by atoms with Crippen LogP contribution in [0.25, 0.3) is 0 Å². The third kappa shape index (κ3) is 7.02. The van der Waals surface area contributed by atoms with Crippen molar-refractivity contribution >= 4 is 5.78 Å². The second-order valence-electron chi connectivity index (χ2n) is 9.32. The molecule has 0 fully saturated rings. The molecule has 0 aliphatic heterocycles. The summed E-state index contributed by atoms with van der Waals surface area (Å²) in [6, 6.07) is 28.2. The van der Waals surface area contributed by atoms with E-state index >= 15 is 0 Å². The molecule has 0 bridgehead atoms. The summed E-state index contributed by atoms with van der Waals surface area (Å²) in [6.45, 7) is 0.448. The molecule has 0 N–H and O–H groups in total. The van der Waals surface area contributed by atoms with Gasteiger partial charge in [-0.25, -0.2) is 0 Å². The first-order valence-corrected chi connectivity index (χ1v) is 13.4. The molecule has 0 aliphatic rings. The molecule has 0 radical (unpaired) electrons. The highest BCUT2D eigenvalue weighted by Crippen LogP contribution is 2.48. The molecule has 0 saturated heterocycles. The van der Waals surface area contributed by atoms with Gasteiger partial charge in [0.05, 0.1) is 27.2 Å². The van der Waals surface area contributed by atoms with Gasteiger partial charge in [-0.1, -0.05) is 72.8 Å². The summed E-state index contributed by atoms with van der Waals surface area (Å²) >= 11 is 0. The molecule has 8 nitrogen and oxygen atoms in total. The summed E-state index contributed by atoms with van der Waals surface area (Å²) in [5.41, 5.74) is 2.71. The van der Waals surface area contributed by atoms with Crippen LogP contribution < -0.4 is 23.7 Å². The van der Waals surface area contributed by atoms with E-state index in [9.17, 15) is 4.79 Å². The van der Waals surface area contributed by atoms with Crippen LogP contribution in [0.1, 0.15) is 33.0 Å². The van der Waals surface area contributed by atoms with Gasteiger partial charge in [0.15, 0.2) is 23.6 Å². The summed E-state index contributed by atoms with van der Waals surface area (Å²) in [6.07, 6.45) is -0.905. The minimum Gasteiger partial charge on any atom is -0.497 e. The van der Waals surface area contributed by atoms with E-state index in [0.29, 0.717) is 17.1 Å². The van der Waals surface area contributed by atoms with Gasteiger partial charge in [0.25, 0.3) is 0 Å². The summed E-state index contributed by atoms with van der Waals surface area (Å²) in [5.74, 6) is 0.526. The Labute approximate surface area is 246 Å². The molecule has 1 unspecified atom stereocenters. The van der Waals surface area contributed by atoms with Gasteiger partial charge in [-0.05, 0) is 28.8 Å². The predicted octanol–water partition coefficient (Wildman–Crippen LogP) is 6.46. The normalized spacial score (nSPS) is 11.6. The lowest BCUT2D eigenvalue weighted by molar-refractivity contribution is -0.110. The molecular weight excluding hydrogens is 536 g/mol. The second kappa shape index (κ2) is 14.9. The van der Waals surface area contributed by atoms with Gasteiger partial charge in [-0.15, -0.1) is 0 Å². The third-order valence-electron chi connectivity index (χ3n) is 6.79. The number of Topliss-reactive ketones (excluding diaryl/α,β-unsaturated/α-hetero) is 1. The number of hydrogen-bond acceptors (Lipinski definition) is 8. The van der Waals surface area contributed by atoms with E-state index < -0.39 is 12.2 Å². The van der Waals surface area contributed by atoms with E-state index in [1.54, 1.807) is 37.4 Å². The maximum Gasteiger partial charge on any atom is 0.204 e. The zero-order valence-electron chi connectivity index (χ0n) is 24.5. The molecule has 1 atom stereocenters. The molecule has 0 amide bonds. The molecule has 4 aromatic rings. The van der Waals surface area contributed by atoms with Gasteiger partial charge in [-0.2, -0.15) is 0 Å². The number of rotatable bonds is 15. The number of carbonyl (C=O) groups is 1. The van der Waals surface area contributed by atoms with Gasteiger partial charge in [-0.3, -0.25) is 4.79 Å². The van der Waals surface area contributed by atoms with Gasteiger partial charge in [0.2, 0.25) is 5.75 Å². The minimum absolute atomic E-state index is 0.175. The van der Waals surface area contributed by atoms with Crippen LogP contribution >= 0.6 is 0 Å². The molecule has 42 heavy (non-hydrogen) atoms. The Hall–Kier alpha value is -4.53. The average molecular weight is 573 g/mol. The monoisotopic (exact) mass is 572 g/mol.